The Morgan fingerprint density at radius 2 is 1.31 bits per heavy atom. The third-order valence-corrected chi connectivity index (χ3v) is 3.59. The molecule has 1 heterocycles. The summed E-state index contributed by atoms with van der Waals surface area (Å²) >= 11 is 0. The van der Waals surface area contributed by atoms with Gasteiger partial charge in [-0.05, 0) is 17.5 Å². The van der Waals surface area contributed by atoms with Crippen molar-refractivity contribution in [3.63, 3.8) is 0 Å². The van der Waals surface area contributed by atoms with Crippen LogP contribution in [0.2, 0.25) is 0 Å². The van der Waals surface area contributed by atoms with E-state index in [9.17, 15) is 9.59 Å². The van der Waals surface area contributed by atoms with Crippen LogP contribution in [-0.2, 0) is 4.79 Å². The maximum absolute atomic E-state index is 12.2. The van der Waals surface area contributed by atoms with Gasteiger partial charge in [0.25, 0.3) is 0 Å². The molecule has 1 fully saturated rings. The minimum atomic E-state index is -0.356. The van der Waals surface area contributed by atoms with Crippen molar-refractivity contribution in [1.82, 2.24) is 5.32 Å². The van der Waals surface area contributed by atoms with Gasteiger partial charge >= 0.3 is 0 Å². The fraction of sp³-hybridized carbons (Fsp3) is 0.391. The highest BCUT2D eigenvalue weighted by molar-refractivity contribution is 6.03. The molecule has 1 amide bonds. The monoisotopic (exact) mass is 355 g/mol. The fourth-order valence-electron chi connectivity index (χ4n) is 2.47. The first-order valence-electron chi connectivity index (χ1n) is 9.73. The summed E-state index contributed by atoms with van der Waals surface area (Å²) in [5.74, 6) is -0.0419. The van der Waals surface area contributed by atoms with Gasteiger partial charge in [0.2, 0.25) is 5.91 Å². The quantitative estimate of drug-likeness (QED) is 0.697. The Kier molecular flexibility index (Phi) is 12.5. The van der Waals surface area contributed by atoms with Crippen molar-refractivity contribution in [3.8, 4) is 11.1 Å². The highest BCUT2D eigenvalue weighted by Crippen LogP contribution is 2.20. The normalized spacial score (nSPS) is 14.4. The summed E-state index contributed by atoms with van der Waals surface area (Å²) in [7, 11) is 0. The second kappa shape index (κ2) is 13.8. The van der Waals surface area contributed by atoms with Crippen molar-refractivity contribution in [2.24, 2.45) is 0 Å². The molecule has 2 aromatic carbocycles. The molecule has 0 saturated carbocycles. The summed E-state index contributed by atoms with van der Waals surface area (Å²) in [6.45, 7) is 12.0. The number of benzene rings is 2. The van der Waals surface area contributed by atoms with E-state index in [1.165, 1.54) is 0 Å². The predicted octanol–water partition coefficient (Wildman–Crippen LogP) is 5.89. The van der Waals surface area contributed by atoms with E-state index in [2.05, 4.69) is 5.32 Å². The van der Waals surface area contributed by atoms with E-state index in [0.29, 0.717) is 18.4 Å². The number of amides is 1. The minimum Gasteiger partial charge on any atom is -0.346 e. The van der Waals surface area contributed by atoms with Crippen LogP contribution in [0, 0.1) is 0 Å². The zero-order valence-corrected chi connectivity index (χ0v) is 17.0. The molecule has 3 rings (SSSR count). The number of rotatable bonds is 3. The first-order valence-corrected chi connectivity index (χ1v) is 9.73. The fourth-order valence-corrected chi connectivity index (χ4v) is 2.47. The number of carbonyl (C=O) groups excluding carboxylic acids is 2. The Morgan fingerprint density at radius 3 is 1.77 bits per heavy atom. The average Bonchev–Trinajstić information content (AvgIpc) is 3.19. The molecule has 3 heteroatoms. The van der Waals surface area contributed by atoms with Crippen molar-refractivity contribution in [1.29, 1.82) is 0 Å². The lowest BCUT2D eigenvalue weighted by Gasteiger charge is -2.09. The molecule has 0 unspecified atom stereocenters. The second-order valence-corrected chi connectivity index (χ2v) is 4.97. The van der Waals surface area contributed by atoms with Crippen LogP contribution >= 0.6 is 0 Å². The summed E-state index contributed by atoms with van der Waals surface area (Å²) in [6.07, 6.45) is 1.04. The molecule has 0 aliphatic carbocycles. The topological polar surface area (TPSA) is 46.2 Å². The summed E-state index contributed by atoms with van der Waals surface area (Å²) in [6, 6.07) is 17.2. The minimum absolute atomic E-state index is 0.00420. The molecule has 0 radical (unpaired) electrons. The lowest BCUT2D eigenvalue weighted by atomic mass is 9.99. The van der Waals surface area contributed by atoms with Gasteiger partial charge in [0.05, 0.1) is 6.04 Å². The molecule has 26 heavy (non-hydrogen) atoms. The zero-order chi connectivity index (χ0) is 19.9. The van der Waals surface area contributed by atoms with E-state index in [1.54, 1.807) is 0 Å². The van der Waals surface area contributed by atoms with Crippen molar-refractivity contribution < 1.29 is 9.59 Å². The molecular weight excluding hydrogens is 322 g/mol. The van der Waals surface area contributed by atoms with Crippen LogP contribution in [0.15, 0.2) is 54.6 Å². The molecule has 1 aliphatic rings. The Labute approximate surface area is 158 Å². The van der Waals surface area contributed by atoms with Gasteiger partial charge in [-0.3, -0.25) is 9.59 Å². The molecule has 0 aromatic heterocycles. The maximum Gasteiger partial charge on any atom is 0.220 e. The van der Waals surface area contributed by atoms with Gasteiger partial charge in [-0.2, -0.15) is 0 Å². The Morgan fingerprint density at radius 1 is 0.808 bits per heavy atom. The average molecular weight is 356 g/mol. The third-order valence-electron chi connectivity index (χ3n) is 3.59. The third kappa shape index (κ3) is 6.83. The van der Waals surface area contributed by atoms with E-state index in [0.717, 1.165) is 11.1 Å². The summed E-state index contributed by atoms with van der Waals surface area (Å²) in [5, 5.41) is 2.71. The van der Waals surface area contributed by atoms with Crippen molar-refractivity contribution in [3.05, 3.63) is 60.2 Å². The highest BCUT2D eigenvalue weighted by Gasteiger charge is 2.27. The molecule has 142 valence electrons. The Hall–Kier alpha value is -2.42. The lowest BCUT2D eigenvalue weighted by molar-refractivity contribution is -0.119. The second-order valence-electron chi connectivity index (χ2n) is 4.97. The number of ketones is 1. The number of hydrogen-bond acceptors (Lipinski definition) is 2. The predicted molar refractivity (Wildman–Crippen MR) is 111 cm³/mol. The first kappa shape index (κ1) is 23.6. The number of Topliss-reactive ketones (excluding diaryl/α,β-unsaturated/α-hetero) is 1. The van der Waals surface area contributed by atoms with Crippen LogP contribution in [0.1, 0.15) is 64.7 Å². The highest BCUT2D eigenvalue weighted by atomic mass is 16.2. The van der Waals surface area contributed by atoms with E-state index in [4.69, 9.17) is 0 Å². The summed E-state index contributed by atoms with van der Waals surface area (Å²) in [4.78, 5) is 23.4. The van der Waals surface area contributed by atoms with Crippen LogP contribution in [0.3, 0.4) is 0 Å². The molecule has 2 aromatic rings. The van der Waals surface area contributed by atoms with Gasteiger partial charge in [0, 0.05) is 12.0 Å². The van der Waals surface area contributed by atoms with Gasteiger partial charge in [-0.25, -0.2) is 0 Å². The van der Waals surface area contributed by atoms with Gasteiger partial charge in [-0.1, -0.05) is 96.1 Å². The molecule has 0 bridgehead atoms. The number of nitrogens with one attached hydrogen (secondary N) is 1. The van der Waals surface area contributed by atoms with Crippen molar-refractivity contribution in [2.45, 2.75) is 60.4 Å². The lowest BCUT2D eigenvalue weighted by Crippen LogP contribution is -2.33. The van der Waals surface area contributed by atoms with Crippen LogP contribution in [0.5, 0.6) is 0 Å². The summed E-state index contributed by atoms with van der Waals surface area (Å²) < 4.78 is 0. The molecule has 3 nitrogen and oxygen atoms in total. The molecule has 1 saturated heterocycles. The van der Waals surface area contributed by atoms with Gasteiger partial charge in [-0.15, -0.1) is 0 Å². The number of carbonyl (C=O) groups is 2. The molecule has 0 spiro atoms. The molecule has 1 aliphatic heterocycles. The SMILES string of the molecule is CC.CC.CC.O=C1CC[C@@H](C(=O)c2ccc(-c3ccccc3)cc2)N1. The van der Waals surface area contributed by atoms with Crippen molar-refractivity contribution >= 4 is 11.7 Å². The van der Waals surface area contributed by atoms with Crippen LogP contribution in [-0.4, -0.2) is 17.7 Å². The first-order chi connectivity index (χ1) is 12.7. The van der Waals surface area contributed by atoms with E-state index in [1.807, 2.05) is 96.1 Å². The zero-order valence-electron chi connectivity index (χ0n) is 17.0. The van der Waals surface area contributed by atoms with E-state index < -0.39 is 0 Å². The summed E-state index contributed by atoms with van der Waals surface area (Å²) in [5.41, 5.74) is 2.86. The van der Waals surface area contributed by atoms with Gasteiger partial charge in [0.1, 0.15) is 0 Å². The van der Waals surface area contributed by atoms with Crippen LogP contribution < -0.4 is 5.32 Å². The van der Waals surface area contributed by atoms with E-state index in [-0.39, 0.29) is 17.7 Å². The molecule has 1 N–H and O–H groups in total. The molecular formula is C23H33NO2. The smallest absolute Gasteiger partial charge is 0.220 e. The Balaban J connectivity index is 0.000000948. The molecule has 1 atom stereocenters. The maximum atomic E-state index is 12.2. The van der Waals surface area contributed by atoms with E-state index >= 15 is 0 Å². The van der Waals surface area contributed by atoms with Gasteiger partial charge < -0.3 is 5.32 Å². The largest absolute Gasteiger partial charge is 0.346 e. The van der Waals surface area contributed by atoms with Crippen molar-refractivity contribution in [2.75, 3.05) is 0 Å². The van der Waals surface area contributed by atoms with Gasteiger partial charge in [0.15, 0.2) is 5.78 Å². The number of hydrogen-bond donors (Lipinski definition) is 1. The standard InChI is InChI=1S/C17H15NO2.3C2H6/c19-16-11-10-15(18-16)17(20)14-8-6-13(7-9-14)12-4-2-1-3-5-12;3*1-2/h1-9,15H,10-11H2,(H,18,19);3*1-2H3/t15-;;;/m0.../s1. The Bertz CT molecular complexity index is 633. The van der Waals surface area contributed by atoms with Crippen LogP contribution in [0.4, 0.5) is 0 Å². The van der Waals surface area contributed by atoms with Crippen LogP contribution in [0.25, 0.3) is 11.1 Å².